The second kappa shape index (κ2) is 7.88. The lowest BCUT2D eigenvalue weighted by molar-refractivity contribution is -0.136. The highest BCUT2D eigenvalue weighted by molar-refractivity contribution is 5.79. The zero-order chi connectivity index (χ0) is 16.9. The van der Waals surface area contributed by atoms with E-state index in [0.717, 1.165) is 75.5 Å². The molecular formula is C19H28N2O3. The first-order valence-electron chi connectivity index (χ1n) is 8.93. The molecule has 2 saturated heterocycles. The van der Waals surface area contributed by atoms with Gasteiger partial charge in [0, 0.05) is 37.8 Å². The number of nitrogens with zero attached hydrogens (tertiary/aromatic N) is 2. The number of piperidine rings is 1. The van der Waals surface area contributed by atoms with Crippen LogP contribution >= 0.6 is 0 Å². The van der Waals surface area contributed by atoms with Crippen LogP contribution in [0.3, 0.4) is 0 Å². The van der Waals surface area contributed by atoms with Crippen LogP contribution in [-0.4, -0.2) is 56.1 Å². The number of benzene rings is 1. The number of amides is 1. The molecule has 0 radical (unpaired) electrons. The van der Waals surface area contributed by atoms with E-state index in [2.05, 4.69) is 15.9 Å². The first-order valence-corrected chi connectivity index (χ1v) is 8.93. The molecule has 5 heteroatoms. The zero-order valence-corrected chi connectivity index (χ0v) is 14.8. The van der Waals surface area contributed by atoms with Crippen LogP contribution in [0.1, 0.15) is 31.2 Å². The summed E-state index contributed by atoms with van der Waals surface area (Å²) >= 11 is 0. The van der Waals surface area contributed by atoms with Gasteiger partial charge in [0.05, 0.1) is 20.1 Å². The van der Waals surface area contributed by atoms with E-state index in [1.807, 2.05) is 12.1 Å². The number of carbonyl (C=O) groups excluding carboxylic acids is 1. The van der Waals surface area contributed by atoms with Gasteiger partial charge in [-0.25, -0.2) is 0 Å². The van der Waals surface area contributed by atoms with Crippen molar-refractivity contribution in [2.75, 3.05) is 40.4 Å². The summed E-state index contributed by atoms with van der Waals surface area (Å²) < 4.78 is 10.8. The zero-order valence-electron chi connectivity index (χ0n) is 14.8. The van der Waals surface area contributed by atoms with E-state index in [4.69, 9.17) is 9.47 Å². The molecule has 0 unspecified atom stereocenters. The predicted molar refractivity (Wildman–Crippen MR) is 93.4 cm³/mol. The molecule has 0 aliphatic carbocycles. The van der Waals surface area contributed by atoms with Crippen molar-refractivity contribution in [1.29, 1.82) is 0 Å². The van der Waals surface area contributed by atoms with Crippen molar-refractivity contribution in [3.05, 3.63) is 23.8 Å². The number of hydrogen-bond acceptors (Lipinski definition) is 4. The Bertz CT molecular complexity index is 570. The smallest absolute Gasteiger partial charge is 0.226 e. The van der Waals surface area contributed by atoms with E-state index in [1.54, 1.807) is 14.2 Å². The van der Waals surface area contributed by atoms with E-state index in [9.17, 15) is 4.79 Å². The molecule has 2 aliphatic rings. The Hall–Kier alpha value is -1.75. The molecule has 1 atom stereocenters. The third-order valence-electron chi connectivity index (χ3n) is 5.16. The Labute approximate surface area is 144 Å². The maximum Gasteiger partial charge on any atom is 0.226 e. The number of carbonyl (C=O) groups is 1. The molecule has 1 aromatic carbocycles. The summed E-state index contributed by atoms with van der Waals surface area (Å²) in [5.74, 6) is 2.17. The Kier molecular flexibility index (Phi) is 5.61. The van der Waals surface area contributed by atoms with Crippen molar-refractivity contribution in [1.82, 2.24) is 9.80 Å². The van der Waals surface area contributed by atoms with Crippen molar-refractivity contribution in [3.63, 3.8) is 0 Å². The standard InChI is InChI=1S/C19H28N2O3/c1-23-17-8-7-15(18(12-17)24-2)13-20-9-5-6-16(14-20)19(22)21-10-3-4-11-21/h7-8,12,16H,3-6,9-11,13-14H2,1-2H3/t16-/m1/s1. The Balaban J connectivity index is 1.64. The molecular weight excluding hydrogens is 304 g/mol. The van der Waals surface area contributed by atoms with Gasteiger partial charge in [0.15, 0.2) is 0 Å². The first-order chi connectivity index (χ1) is 11.7. The summed E-state index contributed by atoms with van der Waals surface area (Å²) in [7, 11) is 3.35. The summed E-state index contributed by atoms with van der Waals surface area (Å²) in [5, 5.41) is 0. The van der Waals surface area contributed by atoms with Gasteiger partial charge in [-0.2, -0.15) is 0 Å². The highest BCUT2D eigenvalue weighted by Gasteiger charge is 2.30. The van der Waals surface area contributed by atoms with Crippen LogP contribution in [0.4, 0.5) is 0 Å². The molecule has 132 valence electrons. The Morgan fingerprint density at radius 2 is 1.92 bits per heavy atom. The molecule has 2 fully saturated rings. The van der Waals surface area contributed by atoms with Gasteiger partial charge in [-0.05, 0) is 38.3 Å². The lowest BCUT2D eigenvalue weighted by atomic mass is 9.96. The molecule has 0 spiro atoms. The molecule has 5 nitrogen and oxygen atoms in total. The van der Waals surface area contributed by atoms with E-state index < -0.39 is 0 Å². The lowest BCUT2D eigenvalue weighted by Gasteiger charge is -2.34. The van der Waals surface area contributed by atoms with Gasteiger partial charge in [-0.15, -0.1) is 0 Å². The second-order valence-electron chi connectivity index (χ2n) is 6.78. The van der Waals surface area contributed by atoms with E-state index in [0.29, 0.717) is 5.91 Å². The summed E-state index contributed by atoms with van der Waals surface area (Å²) in [6.45, 7) is 4.60. The quantitative estimate of drug-likeness (QED) is 0.831. The van der Waals surface area contributed by atoms with Gasteiger partial charge >= 0.3 is 0 Å². The second-order valence-corrected chi connectivity index (χ2v) is 6.78. The van der Waals surface area contributed by atoms with Crippen LogP contribution in [0.2, 0.25) is 0 Å². The number of hydrogen-bond donors (Lipinski definition) is 0. The molecule has 0 saturated carbocycles. The van der Waals surface area contributed by atoms with Crippen LogP contribution < -0.4 is 9.47 Å². The minimum absolute atomic E-state index is 0.154. The molecule has 0 N–H and O–H groups in total. The Morgan fingerprint density at radius 3 is 2.62 bits per heavy atom. The maximum atomic E-state index is 12.7. The highest BCUT2D eigenvalue weighted by atomic mass is 16.5. The van der Waals surface area contributed by atoms with Crippen molar-refractivity contribution in [2.45, 2.75) is 32.2 Å². The fourth-order valence-corrected chi connectivity index (χ4v) is 3.82. The van der Waals surface area contributed by atoms with Crippen LogP contribution in [0, 0.1) is 5.92 Å². The average Bonchev–Trinajstić information content (AvgIpc) is 3.16. The summed E-state index contributed by atoms with van der Waals surface area (Å²) in [5.41, 5.74) is 1.15. The minimum atomic E-state index is 0.154. The normalized spacial score (nSPS) is 21.8. The van der Waals surface area contributed by atoms with Crippen molar-refractivity contribution in [3.8, 4) is 11.5 Å². The highest BCUT2D eigenvalue weighted by Crippen LogP contribution is 2.28. The van der Waals surface area contributed by atoms with Gasteiger partial charge in [0.2, 0.25) is 5.91 Å². The summed E-state index contributed by atoms with van der Waals surface area (Å²) in [4.78, 5) is 17.1. The van der Waals surface area contributed by atoms with Crippen molar-refractivity contribution < 1.29 is 14.3 Å². The molecule has 2 heterocycles. The van der Waals surface area contributed by atoms with Gasteiger partial charge < -0.3 is 14.4 Å². The van der Waals surface area contributed by atoms with Gasteiger partial charge in [-0.1, -0.05) is 6.07 Å². The van der Waals surface area contributed by atoms with Crippen LogP contribution in [0.25, 0.3) is 0 Å². The molecule has 0 bridgehead atoms. The fourth-order valence-electron chi connectivity index (χ4n) is 3.82. The third-order valence-corrected chi connectivity index (χ3v) is 5.16. The largest absolute Gasteiger partial charge is 0.497 e. The van der Waals surface area contributed by atoms with Crippen molar-refractivity contribution >= 4 is 5.91 Å². The summed E-state index contributed by atoms with van der Waals surface area (Å²) in [6.07, 6.45) is 4.42. The molecule has 3 rings (SSSR count). The molecule has 2 aliphatic heterocycles. The maximum absolute atomic E-state index is 12.7. The monoisotopic (exact) mass is 332 g/mol. The number of rotatable bonds is 5. The number of methoxy groups -OCH3 is 2. The minimum Gasteiger partial charge on any atom is -0.497 e. The molecule has 0 aromatic heterocycles. The van der Waals surface area contributed by atoms with Gasteiger partial charge in [0.1, 0.15) is 11.5 Å². The topological polar surface area (TPSA) is 42.0 Å². The first kappa shape index (κ1) is 17.1. The fraction of sp³-hybridized carbons (Fsp3) is 0.632. The summed E-state index contributed by atoms with van der Waals surface area (Å²) in [6, 6.07) is 5.95. The molecule has 1 amide bonds. The Morgan fingerprint density at radius 1 is 1.12 bits per heavy atom. The van der Waals surface area contributed by atoms with Crippen LogP contribution in [-0.2, 0) is 11.3 Å². The predicted octanol–water partition coefficient (Wildman–Crippen LogP) is 2.54. The van der Waals surface area contributed by atoms with Crippen LogP contribution in [0.15, 0.2) is 18.2 Å². The number of likely N-dealkylation sites (tertiary alicyclic amines) is 2. The average molecular weight is 332 g/mol. The van der Waals surface area contributed by atoms with Gasteiger partial charge in [-0.3, -0.25) is 9.69 Å². The van der Waals surface area contributed by atoms with Gasteiger partial charge in [0.25, 0.3) is 0 Å². The molecule has 24 heavy (non-hydrogen) atoms. The third kappa shape index (κ3) is 3.83. The van der Waals surface area contributed by atoms with E-state index in [1.165, 1.54) is 0 Å². The van der Waals surface area contributed by atoms with E-state index in [-0.39, 0.29) is 5.92 Å². The lowest BCUT2D eigenvalue weighted by Crippen LogP contribution is -2.43. The van der Waals surface area contributed by atoms with Crippen LogP contribution in [0.5, 0.6) is 11.5 Å². The molecule has 1 aromatic rings. The number of ether oxygens (including phenoxy) is 2. The van der Waals surface area contributed by atoms with Crippen molar-refractivity contribution in [2.24, 2.45) is 5.92 Å². The van der Waals surface area contributed by atoms with E-state index >= 15 is 0 Å². The SMILES string of the molecule is COc1ccc(CN2CCC[C@@H](C(=O)N3CCCC3)C2)c(OC)c1.